The van der Waals surface area contributed by atoms with E-state index in [0.717, 1.165) is 12.1 Å². The molecule has 2 aromatic carbocycles. The fourth-order valence-corrected chi connectivity index (χ4v) is 2.61. The predicted octanol–water partition coefficient (Wildman–Crippen LogP) is 3.34. The van der Waals surface area contributed by atoms with Crippen LogP contribution in [0, 0.1) is 0 Å². The first-order valence-corrected chi connectivity index (χ1v) is 8.00. The van der Waals surface area contributed by atoms with Crippen LogP contribution < -0.4 is 19.7 Å². The van der Waals surface area contributed by atoms with Gasteiger partial charge in [0.05, 0.1) is 5.69 Å². The van der Waals surface area contributed by atoms with Gasteiger partial charge in [0, 0.05) is 24.7 Å². The van der Waals surface area contributed by atoms with E-state index in [-0.39, 0.29) is 31.2 Å². The normalized spacial score (nSPS) is 13.6. The number of carbonyl (C=O) groups is 2. The molecule has 0 radical (unpaired) electrons. The van der Waals surface area contributed by atoms with Crippen molar-refractivity contribution in [3.63, 3.8) is 0 Å². The topological polar surface area (TPSA) is 67.9 Å². The molecular formula is C18H15F3N2O4. The van der Waals surface area contributed by atoms with Gasteiger partial charge >= 0.3 is 6.36 Å². The molecule has 0 atom stereocenters. The van der Waals surface area contributed by atoms with E-state index in [9.17, 15) is 22.8 Å². The number of fused-ring (bicyclic) bond motifs is 1. The van der Waals surface area contributed by atoms with Crippen LogP contribution in [0.15, 0.2) is 48.5 Å². The minimum atomic E-state index is -4.81. The van der Waals surface area contributed by atoms with E-state index in [0.29, 0.717) is 11.4 Å². The maximum absolute atomic E-state index is 12.3. The van der Waals surface area contributed by atoms with E-state index < -0.39 is 18.0 Å². The van der Waals surface area contributed by atoms with Crippen LogP contribution in [0.5, 0.6) is 11.5 Å². The monoisotopic (exact) mass is 380 g/mol. The second-order valence-electron chi connectivity index (χ2n) is 5.68. The largest absolute Gasteiger partial charge is 0.573 e. The van der Waals surface area contributed by atoms with Crippen LogP contribution in [-0.2, 0) is 9.59 Å². The van der Waals surface area contributed by atoms with Crippen molar-refractivity contribution in [1.82, 2.24) is 0 Å². The minimum Gasteiger partial charge on any atom is -0.482 e. The van der Waals surface area contributed by atoms with Crippen molar-refractivity contribution < 1.29 is 32.2 Å². The predicted molar refractivity (Wildman–Crippen MR) is 90.7 cm³/mol. The summed E-state index contributed by atoms with van der Waals surface area (Å²) in [5.74, 6) is -0.606. The molecule has 0 spiro atoms. The molecule has 0 aliphatic carbocycles. The van der Waals surface area contributed by atoms with Gasteiger partial charge in [-0.15, -0.1) is 13.2 Å². The van der Waals surface area contributed by atoms with Crippen molar-refractivity contribution in [1.29, 1.82) is 0 Å². The second kappa shape index (κ2) is 7.56. The fourth-order valence-electron chi connectivity index (χ4n) is 2.61. The van der Waals surface area contributed by atoms with E-state index in [1.165, 1.54) is 17.0 Å². The van der Waals surface area contributed by atoms with Crippen LogP contribution in [0.1, 0.15) is 6.42 Å². The lowest BCUT2D eigenvalue weighted by Gasteiger charge is -2.29. The number of amides is 2. The number of nitrogens with one attached hydrogen (secondary N) is 1. The average molecular weight is 380 g/mol. The Morgan fingerprint density at radius 1 is 1.19 bits per heavy atom. The van der Waals surface area contributed by atoms with E-state index >= 15 is 0 Å². The Kier molecular flexibility index (Phi) is 5.20. The van der Waals surface area contributed by atoms with Crippen molar-refractivity contribution in [2.24, 2.45) is 0 Å². The highest BCUT2D eigenvalue weighted by Crippen LogP contribution is 2.31. The van der Waals surface area contributed by atoms with Crippen molar-refractivity contribution in [3.05, 3.63) is 48.5 Å². The first-order chi connectivity index (χ1) is 12.8. The number of benzene rings is 2. The molecule has 27 heavy (non-hydrogen) atoms. The zero-order valence-corrected chi connectivity index (χ0v) is 14.0. The fraction of sp³-hybridized carbons (Fsp3) is 0.222. The number of alkyl halides is 3. The highest BCUT2D eigenvalue weighted by molar-refractivity contribution is 5.99. The molecule has 9 heteroatoms. The number of rotatable bonds is 5. The van der Waals surface area contributed by atoms with Gasteiger partial charge in [-0.05, 0) is 24.3 Å². The number of anilines is 2. The number of halogens is 3. The summed E-state index contributed by atoms with van der Waals surface area (Å²) in [4.78, 5) is 25.6. The second-order valence-corrected chi connectivity index (χ2v) is 5.68. The molecule has 2 amide bonds. The van der Waals surface area contributed by atoms with Crippen LogP contribution in [-0.4, -0.2) is 31.3 Å². The number of carbonyl (C=O) groups excluding carboxylic acids is 2. The first kappa shape index (κ1) is 18.6. The molecule has 1 heterocycles. The Hall–Kier alpha value is -3.23. The Morgan fingerprint density at radius 2 is 1.96 bits per heavy atom. The summed E-state index contributed by atoms with van der Waals surface area (Å²) in [5.41, 5.74) is 0.734. The van der Waals surface area contributed by atoms with Gasteiger partial charge < -0.3 is 19.7 Å². The molecule has 1 N–H and O–H groups in total. The van der Waals surface area contributed by atoms with Gasteiger partial charge in [-0.2, -0.15) is 0 Å². The molecule has 6 nitrogen and oxygen atoms in total. The van der Waals surface area contributed by atoms with Crippen molar-refractivity contribution >= 4 is 23.2 Å². The Bertz CT molecular complexity index is 854. The van der Waals surface area contributed by atoms with Gasteiger partial charge in [-0.25, -0.2) is 0 Å². The molecule has 1 aliphatic rings. The number of nitrogens with zero attached hydrogens (tertiary/aromatic N) is 1. The third-order valence-corrected chi connectivity index (χ3v) is 3.72. The molecule has 2 aromatic rings. The summed E-state index contributed by atoms with van der Waals surface area (Å²) >= 11 is 0. The molecule has 0 saturated heterocycles. The Balaban J connectivity index is 1.61. The Morgan fingerprint density at radius 3 is 2.74 bits per heavy atom. The molecule has 0 fully saturated rings. The lowest BCUT2D eigenvalue weighted by molar-refractivity contribution is -0.274. The molecule has 1 aliphatic heterocycles. The summed E-state index contributed by atoms with van der Waals surface area (Å²) in [5, 5.41) is 2.49. The molecule has 142 valence electrons. The lowest BCUT2D eigenvalue weighted by Crippen LogP contribution is -2.40. The van der Waals surface area contributed by atoms with Gasteiger partial charge in [0.25, 0.3) is 5.91 Å². The van der Waals surface area contributed by atoms with E-state index in [1.54, 1.807) is 24.3 Å². The van der Waals surface area contributed by atoms with Crippen LogP contribution in [0.3, 0.4) is 0 Å². The molecule has 0 aromatic heterocycles. The highest BCUT2D eigenvalue weighted by Gasteiger charge is 2.31. The first-order valence-electron chi connectivity index (χ1n) is 8.00. The molecular weight excluding hydrogens is 365 g/mol. The van der Waals surface area contributed by atoms with Crippen molar-refractivity contribution in [2.75, 3.05) is 23.4 Å². The average Bonchev–Trinajstić information content (AvgIpc) is 2.59. The molecule has 0 bridgehead atoms. The van der Waals surface area contributed by atoms with Gasteiger partial charge in [0.2, 0.25) is 5.91 Å². The SMILES string of the molecule is O=C(CCN1C(=O)COc2ccccc21)Nc1cccc(OC(F)(F)F)c1. The van der Waals surface area contributed by atoms with Gasteiger partial charge in [0.15, 0.2) is 6.61 Å². The van der Waals surface area contributed by atoms with Crippen molar-refractivity contribution in [2.45, 2.75) is 12.8 Å². The van der Waals surface area contributed by atoms with Crippen LogP contribution >= 0.6 is 0 Å². The third-order valence-electron chi connectivity index (χ3n) is 3.72. The standard InChI is InChI=1S/C18H15F3N2O4/c19-18(20,21)27-13-5-3-4-12(10-13)22-16(24)8-9-23-14-6-1-2-7-15(14)26-11-17(23)25/h1-7,10H,8-9,11H2,(H,22,24). The van der Waals surface area contributed by atoms with Crippen molar-refractivity contribution in [3.8, 4) is 11.5 Å². The molecule has 0 unspecified atom stereocenters. The quantitative estimate of drug-likeness (QED) is 0.864. The summed E-state index contributed by atoms with van der Waals surface area (Å²) in [7, 11) is 0. The number of hydrogen-bond acceptors (Lipinski definition) is 4. The van der Waals surface area contributed by atoms with Gasteiger partial charge in [-0.1, -0.05) is 18.2 Å². The highest BCUT2D eigenvalue weighted by atomic mass is 19.4. The number of para-hydroxylation sites is 2. The maximum Gasteiger partial charge on any atom is 0.573 e. The van der Waals surface area contributed by atoms with Crippen LogP contribution in [0.25, 0.3) is 0 Å². The molecule has 0 saturated carbocycles. The Labute approximate surface area is 152 Å². The lowest BCUT2D eigenvalue weighted by atomic mass is 10.2. The smallest absolute Gasteiger partial charge is 0.482 e. The van der Waals surface area contributed by atoms with E-state index in [4.69, 9.17) is 4.74 Å². The summed E-state index contributed by atoms with van der Waals surface area (Å²) < 4.78 is 45.9. The van der Waals surface area contributed by atoms with E-state index in [1.807, 2.05) is 0 Å². The summed E-state index contributed by atoms with van der Waals surface area (Å²) in [6, 6.07) is 11.9. The van der Waals surface area contributed by atoms with Crippen LogP contribution in [0.4, 0.5) is 24.5 Å². The molecule has 3 rings (SSSR count). The van der Waals surface area contributed by atoms with Crippen LogP contribution in [0.2, 0.25) is 0 Å². The summed E-state index contributed by atoms with van der Waals surface area (Å²) in [6.07, 6.45) is -4.85. The van der Waals surface area contributed by atoms with E-state index in [2.05, 4.69) is 10.1 Å². The zero-order chi connectivity index (χ0) is 19.4. The third kappa shape index (κ3) is 4.90. The number of ether oxygens (including phenoxy) is 2. The van der Waals surface area contributed by atoms with Gasteiger partial charge in [-0.3, -0.25) is 9.59 Å². The van der Waals surface area contributed by atoms with Gasteiger partial charge in [0.1, 0.15) is 11.5 Å². The maximum atomic E-state index is 12.3. The number of hydrogen-bond donors (Lipinski definition) is 1. The minimum absolute atomic E-state index is 0.0373. The zero-order valence-electron chi connectivity index (χ0n) is 14.0. The summed E-state index contributed by atoms with van der Waals surface area (Å²) in [6.45, 7) is -0.000753.